The van der Waals surface area contributed by atoms with Gasteiger partial charge in [-0.15, -0.1) is 11.3 Å². The number of aromatic nitrogens is 1. The first-order chi connectivity index (χ1) is 12.1. The molecule has 1 N–H and O–H groups in total. The predicted molar refractivity (Wildman–Crippen MR) is 101 cm³/mol. The summed E-state index contributed by atoms with van der Waals surface area (Å²) in [4.78, 5) is 28.7. The van der Waals surface area contributed by atoms with Crippen LogP contribution in [-0.2, 0) is 4.74 Å². The van der Waals surface area contributed by atoms with E-state index in [0.29, 0.717) is 5.13 Å². The van der Waals surface area contributed by atoms with Crippen LogP contribution in [0, 0.1) is 0 Å². The van der Waals surface area contributed by atoms with Gasteiger partial charge in [-0.2, -0.15) is 0 Å². The van der Waals surface area contributed by atoms with Gasteiger partial charge in [-0.05, 0) is 24.3 Å². The molecule has 7 heteroatoms. The van der Waals surface area contributed by atoms with Gasteiger partial charge in [0.1, 0.15) is 0 Å². The molecule has 25 heavy (non-hydrogen) atoms. The fourth-order valence-corrected chi connectivity index (χ4v) is 3.20. The molecular formula is C18H13BrN2O3S. The molecule has 126 valence electrons. The quantitative estimate of drug-likeness (QED) is 0.630. The Labute approximate surface area is 156 Å². The van der Waals surface area contributed by atoms with Gasteiger partial charge in [-0.25, -0.2) is 9.78 Å². The average Bonchev–Trinajstić information content (AvgIpc) is 3.10. The van der Waals surface area contributed by atoms with Crippen molar-refractivity contribution in [2.24, 2.45) is 0 Å². The Morgan fingerprint density at radius 3 is 2.44 bits per heavy atom. The lowest BCUT2D eigenvalue weighted by molar-refractivity contribution is 0.0597. The van der Waals surface area contributed by atoms with E-state index in [4.69, 9.17) is 4.74 Å². The second kappa shape index (κ2) is 7.58. The molecule has 5 nitrogen and oxygen atoms in total. The van der Waals surface area contributed by atoms with E-state index < -0.39 is 11.9 Å². The molecule has 0 atom stereocenters. The van der Waals surface area contributed by atoms with E-state index in [9.17, 15) is 9.59 Å². The number of benzene rings is 2. The number of halogens is 1. The van der Waals surface area contributed by atoms with Gasteiger partial charge in [0.25, 0.3) is 5.91 Å². The van der Waals surface area contributed by atoms with Crippen molar-refractivity contribution in [2.45, 2.75) is 0 Å². The van der Waals surface area contributed by atoms with E-state index in [1.165, 1.54) is 18.4 Å². The van der Waals surface area contributed by atoms with Gasteiger partial charge in [0, 0.05) is 15.4 Å². The van der Waals surface area contributed by atoms with E-state index in [1.54, 1.807) is 24.3 Å². The van der Waals surface area contributed by atoms with Crippen molar-refractivity contribution < 1.29 is 14.3 Å². The molecule has 2 aromatic carbocycles. The van der Waals surface area contributed by atoms with Crippen LogP contribution < -0.4 is 5.32 Å². The van der Waals surface area contributed by atoms with Crippen molar-refractivity contribution in [3.05, 3.63) is 69.5 Å². The smallest absolute Gasteiger partial charge is 0.338 e. The second-order valence-corrected chi connectivity index (χ2v) is 6.81. The number of anilines is 1. The number of carbonyl (C=O) groups is 2. The minimum atomic E-state index is -0.555. The topological polar surface area (TPSA) is 68.3 Å². The number of nitrogens with one attached hydrogen (secondary N) is 1. The third-order valence-electron chi connectivity index (χ3n) is 3.44. The molecule has 3 aromatic rings. The minimum Gasteiger partial charge on any atom is -0.465 e. The highest BCUT2D eigenvalue weighted by atomic mass is 79.9. The molecular weight excluding hydrogens is 404 g/mol. The Morgan fingerprint density at radius 2 is 1.76 bits per heavy atom. The van der Waals surface area contributed by atoms with Crippen molar-refractivity contribution in [1.82, 2.24) is 4.98 Å². The molecule has 1 aromatic heterocycles. The summed E-state index contributed by atoms with van der Waals surface area (Å²) in [6, 6.07) is 14.2. The van der Waals surface area contributed by atoms with E-state index in [2.05, 4.69) is 26.2 Å². The maximum Gasteiger partial charge on any atom is 0.338 e. The minimum absolute atomic E-state index is 0.215. The van der Waals surface area contributed by atoms with Gasteiger partial charge in [0.2, 0.25) is 0 Å². The molecule has 0 saturated carbocycles. The largest absolute Gasteiger partial charge is 0.465 e. The molecule has 1 amide bonds. The fraction of sp³-hybridized carbons (Fsp3) is 0.0556. The van der Waals surface area contributed by atoms with E-state index in [-0.39, 0.29) is 11.1 Å². The number of rotatable bonds is 4. The zero-order chi connectivity index (χ0) is 17.8. The summed E-state index contributed by atoms with van der Waals surface area (Å²) in [5.41, 5.74) is 2.19. The lowest BCUT2D eigenvalue weighted by Gasteiger charge is -2.07. The summed E-state index contributed by atoms with van der Waals surface area (Å²) in [5, 5.41) is 5.06. The SMILES string of the molecule is COC(=O)c1ccccc1C(=O)Nc1nc(-c2ccc(Br)cc2)cs1. The van der Waals surface area contributed by atoms with E-state index in [1.807, 2.05) is 29.6 Å². The summed E-state index contributed by atoms with van der Waals surface area (Å²) in [7, 11) is 1.28. The molecule has 0 unspecified atom stereocenters. The van der Waals surface area contributed by atoms with Crippen LogP contribution in [0.3, 0.4) is 0 Å². The number of carbonyl (C=O) groups excluding carboxylic acids is 2. The first-order valence-electron chi connectivity index (χ1n) is 7.28. The standard InChI is InChI=1S/C18H13BrN2O3S/c1-24-17(23)14-5-3-2-4-13(14)16(22)21-18-20-15(10-25-18)11-6-8-12(19)9-7-11/h2-10H,1H3,(H,20,21,22). The van der Waals surface area contributed by atoms with Crippen LogP contribution in [0.5, 0.6) is 0 Å². The van der Waals surface area contributed by atoms with Crippen LogP contribution >= 0.6 is 27.3 Å². The highest BCUT2D eigenvalue weighted by Gasteiger charge is 2.18. The maximum absolute atomic E-state index is 12.5. The summed E-state index contributed by atoms with van der Waals surface area (Å²) in [6.45, 7) is 0. The first kappa shape index (κ1) is 17.3. The van der Waals surface area contributed by atoms with Crippen molar-refractivity contribution in [3.63, 3.8) is 0 Å². The van der Waals surface area contributed by atoms with Gasteiger partial charge in [0.05, 0.1) is 23.9 Å². The summed E-state index contributed by atoms with van der Waals surface area (Å²) >= 11 is 4.71. The number of ether oxygens (including phenoxy) is 1. The normalized spacial score (nSPS) is 10.3. The van der Waals surface area contributed by atoms with Crippen molar-refractivity contribution >= 4 is 44.3 Å². The highest BCUT2D eigenvalue weighted by molar-refractivity contribution is 9.10. The molecule has 0 saturated heterocycles. The van der Waals surface area contributed by atoms with Crippen LogP contribution in [0.15, 0.2) is 58.4 Å². The molecule has 0 aliphatic heterocycles. The van der Waals surface area contributed by atoms with E-state index >= 15 is 0 Å². The van der Waals surface area contributed by atoms with Crippen LogP contribution in [0.25, 0.3) is 11.3 Å². The first-order valence-corrected chi connectivity index (χ1v) is 8.96. The molecule has 0 radical (unpaired) electrons. The lowest BCUT2D eigenvalue weighted by Crippen LogP contribution is -2.17. The zero-order valence-corrected chi connectivity index (χ0v) is 15.6. The van der Waals surface area contributed by atoms with Crippen molar-refractivity contribution in [2.75, 3.05) is 12.4 Å². The number of amides is 1. The molecule has 0 spiro atoms. The predicted octanol–water partition coefficient (Wildman–Crippen LogP) is 4.61. The Balaban J connectivity index is 1.81. The summed E-state index contributed by atoms with van der Waals surface area (Å²) < 4.78 is 5.70. The molecule has 3 rings (SSSR count). The highest BCUT2D eigenvalue weighted by Crippen LogP contribution is 2.26. The van der Waals surface area contributed by atoms with Crippen LogP contribution in [-0.4, -0.2) is 24.0 Å². The summed E-state index contributed by atoms with van der Waals surface area (Å²) in [6.07, 6.45) is 0. The molecule has 1 heterocycles. The second-order valence-electron chi connectivity index (χ2n) is 5.04. The van der Waals surface area contributed by atoms with E-state index in [0.717, 1.165) is 15.7 Å². The van der Waals surface area contributed by atoms with Crippen molar-refractivity contribution in [1.29, 1.82) is 0 Å². The Bertz CT molecular complexity index is 922. The van der Waals surface area contributed by atoms with Gasteiger partial charge in [-0.1, -0.05) is 40.2 Å². The monoisotopic (exact) mass is 416 g/mol. The number of esters is 1. The fourth-order valence-electron chi connectivity index (χ4n) is 2.22. The average molecular weight is 417 g/mol. The van der Waals surface area contributed by atoms with Crippen LogP contribution in [0.4, 0.5) is 5.13 Å². The molecule has 0 aliphatic carbocycles. The van der Waals surface area contributed by atoms with Gasteiger partial charge >= 0.3 is 5.97 Å². The number of thiazole rings is 1. The zero-order valence-electron chi connectivity index (χ0n) is 13.2. The van der Waals surface area contributed by atoms with Gasteiger partial charge < -0.3 is 4.74 Å². The summed E-state index contributed by atoms with van der Waals surface area (Å²) in [5.74, 6) is -0.960. The van der Waals surface area contributed by atoms with Gasteiger partial charge in [-0.3, -0.25) is 10.1 Å². The lowest BCUT2D eigenvalue weighted by atomic mass is 10.1. The molecule has 0 aliphatic rings. The third kappa shape index (κ3) is 3.94. The Kier molecular flexibility index (Phi) is 5.25. The number of hydrogen-bond acceptors (Lipinski definition) is 5. The van der Waals surface area contributed by atoms with Crippen molar-refractivity contribution in [3.8, 4) is 11.3 Å². The van der Waals surface area contributed by atoms with Crippen LogP contribution in [0.1, 0.15) is 20.7 Å². The maximum atomic E-state index is 12.5. The number of nitrogens with zero attached hydrogens (tertiary/aromatic N) is 1. The molecule has 0 fully saturated rings. The number of methoxy groups -OCH3 is 1. The molecule has 0 bridgehead atoms. The van der Waals surface area contributed by atoms with Gasteiger partial charge in [0.15, 0.2) is 5.13 Å². The Morgan fingerprint density at radius 1 is 1.08 bits per heavy atom. The Hall–Kier alpha value is -2.51. The van der Waals surface area contributed by atoms with Crippen LogP contribution in [0.2, 0.25) is 0 Å². The third-order valence-corrected chi connectivity index (χ3v) is 4.73. The number of hydrogen-bond donors (Lipinski definition) is 1.